The number of halogens is 2. The van der Waals surface area contributed by atoms with Crippen LogP contribution in [0.2, 0.25) is 0 Å². The van der Waals surface area contributed by atoms with Crippen LogP contribution in [0.4, 0.5) is 11.4 Å². The van der Waals surface area contributed by atoms with Crippen molar-refractivity contribution in [2.75, 3.05) is 7.11 Å². The number of nitro benzene ring substituents is 1. The second-order valence-electron chi connectivity index (χ2n) is 8.34. The maximum atomic E-state index is 12.6. The van der Waals surface area contributed by atoms with Gasteiger partial charge in [-0.15, -0.1) is 0 Å². The molecule has 1 N–H and O–H groups in total. The van der Waals surface area contributed by atoms with Crippen molar-refractivity contribution in [3.05, 3.63) is 108 Å². The first kappa shape index (κ1) is 26.9. The number of amides is 1. The van der Waals surface area contributed by atoms with Gasteiger partial charge in [-0.1, -0.05) is 42.5 Å². The number of nitrogens with one attached hydrogen (secondary N) is 1. The van der Waals surface area contributed by atoms with Crippen LogP contribution < -0.4 is 14.8 Å². The van der Waals surface area contributed by atoms with Gasteiger partial charge in [-0.3, -0.25) is 14.9 Å². The average molecular weight is 669 g/mol. The van der Waals surface area contributed by atoms with Crippen LogP contribution in [-0.2, 0) is 11.4 Å². The number of hydrogen-bond acceptors (Lipinski definition) is 7. The number of hydrogen-bond donors (Lipinski definition) is 1. The van der Waals surface area contributed by atoms with E-state index in [-0.39, 0.29) is 11.6 Å². The van der Waals surface area contributed by atoms with E-state index in [2.05, 4.69) is 60.4 Å². The Morgan fingerprint density at radius 2 is 1.85 bits per heavy atom. The summed E-state index contributed by atoms with van der Waals surface area (Å²) in [6.45, 7) is 0.354. The maximum Gasteiger partial charge on any atom is 0.270 e. The number of fused-ring (bicyclic) bond motifs is 1. The Labute approximate surface area is 244 Å². The Bertz CT molecular complexity index is 1680. The summed E-state index contributed by atoms with van der Waals surface area (Å²) < 4.78 is 12.9. The summed E-state index contributed by atoms with van der Waals surface area (Å²) in [7, 11) is 1.56. The molecular formula is C28H19Br2N3O5S. The molecular weight excluding hydrogens is 650 g/mol. The van der Waals surface area contributed by atoms with Crippen molar-refractivity contribution in [1.82, 2.24) is 5.32 Å². The fourth-order valence-electron chi connectivity index (χ4n) is 3.97. The molecule has 0 radical (unpaired) electrons. The van der Waals surface area contributed by atoms with E-state index in [1.165, 1.54) is 30.0 Å². The third-order valence-corrected chi connectivity index (χ3v) is 7.95. The zero-order valence-electron chi connectivity index (χ0n) is 20.3. The number of thioether (sulfide) groups is 1. The fraction of sp³-hybridized carbons (Fsp3) is 0.0714. The number of benzene rings is 4. The van der Waals surface area contributed by atoms with Gasteiger partial charge in [0.25, 0.3) is 11.6 Å². The maximum absolute atomic E-state index is 12.6. The second-order valence-corrected chi connectivity index (χ2v) is 11.1. The number of amidine groups is 1. The lowest BCUT2D eigenvalue weighted by molar-refractivity contribution is -0.384. The number of rotatable bonds is 7. The highest BCUT2D eigenvalue weighted by atomic mass is 79.9. The predicted octanol–water partition coefficient (Wildman–Crippen LogP) is 7.75. The van der Waals surface area contributed by atoms with Crippen molar-refractivity contribution in [2.45, 2.75) is 6.61 Å². The smallest absolute Gasteiger partial charge is 0.270 e. The van der Waals surface area contributed by atoms with Crippen LogP contribution in [0.5, 0.6) is 11.5 Å². The van der Waals surface area contributed by atoms with E-state index in [9.17, 15) is 14.9 Å². The normalized spacial score (nSPS) is 15.1. The lowest BCUT2D eigenvalue weighted by Crippen LogP contribution is -2.19. The van der Waals surface area contributed by atoms with Crippen molar-refractivity contribution >= 4 is 82.9 Å². The van der Waals surface area contributed by atoms with E-state index < -0.39 is 4.92 Å². The molecule has 1 aliphatic rings. The molecule has 0 atom stereocenters. The molecule has 4 aromatic rings. The molecule has 39 heavy (non-hydrogen) atoms. The molecule has 0 spiro atoms. The standard InChI is InChI=1S/C28H19Br2N3O5S/c1-37-24-12-16(11-22(30)26(24)38-15-18-7-4-6-17-5-2-3-8-20(17)18)13-25-27(34)32-28(39-25)31-23-10-9-19(33(35)36)14-21(23)29/h2-14H,15H2,1H3,(H,31,32,34)/b25-13+. The predicted molar refractivity (Wildman–Crippen MR) is 161 cm³/mol. The summed E-state index contributed by atoms with van der Waals surface area (Å²) >= 11 is 8.05. The number of nitrogens with zero attached hydrogens (tertiary/aromatic N) is 2. The number of nitro groups is 1. The monoisotopic (exact) mass is 667 g/mol. The van der Waals surface area contributed by atoms with Gasteiger partial charge < -0.3 is 14.8 Å². The Hall–Kier alpha value is -3.67. The minimum atomic E-state index is -0.485. The average Bonchev–Trinajstić information content (AvgIpc) is 3.26. The largest absolute Gasteiger partial charge is 0.493 e. The van der Waals surface area contributed by atoms with Gasteiger partial charge in [0.15, 0.2) is 16.7 Å². The molecule has 1 saturated heterocycles. The van der Waals surface area contributed by atoms with E-state index in [1.807, 2.05) is 30.3 Å². The number of methoxy groups -OCH3 is 1. The summed E-state index contributed by atoms with van der Waals surface area (Å²) in [6, 6.07) is 22.1. The minimum absolute atomic E-state index is 0.0569. The lowest BCUT2D eigenvalue weighted by Gasteiger charge is -2.15. The molecule has 0 bridgehead atoms. The quantitative estimate of drug-likeness (QED) is 0.123. The summed E-state index contributed by atoms with van der Waals surface area (Å²) in [5.74, 6) is 0.771. The minimum Gasteiger partial charge on any atom is -0.493 e. The van der Waals surface area contributed by atoms with Crippen LogP contribution >= 0.6 is 43.6 Å². The van der Waals surface area contributed by atoms with Crippen molar-refractivity contribution in [3.63, 3.8) is 0 Å². The summed E-state index contributed by atoms with van der Waals surface area (Å²) in [4.78, 5) is 28.0. The molecule has 0 aromatic heterocycles. The second kappa shape index (κ2) is 11.6. The lowest BCUT2D eigenvalue weighted by atomic mass is 10.1. The summed E-state index contributed by atoms with van der Waals surface area (Å²) in [5.41, 5.74) is 2.19. The molecule has 1 amide bonds. The topological polar surface area (TPSA) is 103 Å². The molecule has 1 heterocycles. The molecule has 1 fully saturated rings. The van der Waals surface area contributed by atoms with Crippen molar-refractivity contribution < 1.29 is 19.2 Å². The SMILES string of the molecule is COc1cc(/C=C2/SC(=Nc3ccc([N+](=O)[O-])cc3Br)NC2=O)cc(Br)c1OCc1cccc2ccccc12. The van der Waals surface area contributed by atoms with Crippen LogP contribution in [-0.4, -0.2) is 23.1 Å². The molecule has 196 valence electrons. The number of carbonyl (C=O) groups is 1. The molecule has 11 heteroatoms. The zero-order chi connectivity index (χ0) is 27.5. The molecule has 0 aliphatic carbocycles. The van der Waals surface area contributed by atoms with E-state index in [4.69, 9.17) is 9.47 Å². The van der Waals surface area contributed by atoms with E-state index in [1.54, 1.807) is 19.3 Å². The highest BCUT2D eigenvalue weighted by Crippen LogP contribution is 2.39. The van der Waals surface area contributed by atoms with Gasteiger partial charge in [-0.2, -0.15) is 0 Å². The molecule has 0 saturated carbocycles. The van der Waals surface area contributed by atoms with Crippen LogP contribution in [0, 0.1) is 10.1 Å². The van der Waals surface area contributed by atoms with Gasteiger partial charge in [0.05, 0.1) is 31.6 Å². The number of aliphatic imine (C=N–C) groups is 1. The third kappa shape index (κ3) is 6.00. The molecule has 1 aliphatic heterocycles. The Morgan fingerprint density at radius 1 is 1.05 bits per heavy atom. The first-order valence-corrected chi connectivity index (χ1v) is 13.9. The van der Waals surface area contributed by atoms with Crippen molar-refractivity contribution in [2.24, 2.45) is 4.99 Å². The van der Waals surface area contributed by atoms with Crippen LogP contribution in [0.3, 0.4) is 0 Å². The Morgan fingerprint density at radius 3 is 2.62 bits per heavy atom. The van der Waals surface area contributed by atoms with Gasteiger partial charge >= 0.3 is 0 Å². The van der Waals surface area contributed by atoms with E-state index in [0.717, 1.165) is 21.9 Å². The van der Waals surface area contributed by atoms with Gasteiger partial charge in [0, 0.05) is 12.1 Å². The first-order chi connectivity index (χ1) is 18.8. The van der Waals surface area contributed by atoms with Crippen LogP contribution in [0.1, 0.15) is 11.1 Å². The first-order valence-electron chi connectivity index (χ1n) is 11.5. The third-order valence-electron chi connectivity index (χ3n) is 5.82. The highest BCUT2D eigenvalue weighted by Gasteiger charge is 2.25. The van der Waals surface area contributed by atoms with Gasteiger partial charge in [0.2, 0.25) is 0 Å². The fourth-order valence-corrected chi connectivity index (χ4v) is 5.84. The van der Waals surface area contributed by atoms with Crippen LogP contribution in [0.25, 0.3) is 16.8 Å². The van der Waals surface area contributed by atoms with E-state index in [0.29, 0.717) is 42.8 Å². The highest BCUT2D eigenvalue weighted by molar-refractivity contribution is 9.11. The molecule has 8 nitrogen and oxygen atoms in total. The molecule has 5 rings (SSSR count). The molecule has 0 unspecified atom stereocenters. The van der Waals surface area contributed by atoms with Crippen LogP contribution in [0.15, 0.2) is 91.6 Å². The number of ether oxygens (including phenoxy) is 2. The van der Waals surface area contributed by atoms with Gasteiger partial charge in [-0.05, 0) is 89.8 Å². The number of non-ortho nitro benzene ring substituents is 1. The Balaban J connectivity index is 1.36. The van der Waals surface area contributed by atoms with Crippen molar-refractivity contribution in [3.8, 4) is 11.5 Å². The van der Waals surface area contributed by atoms with Gasteiger partial charge in [-0.25, -0.2) is 4.99 Å². The number of carbonyl (C=O) groups excluding carboxylic acids is 1. The summed E-state index contributed by atoms with van der Waals surface area (Å²) in [5, 5.41) is 16.3. The van der Waals surface area contributed by atoms with E-state index >= 15 is 0 Å². The Kier molecular flexibility index (Phi) is 8.01. The summed E-state index contributed by atoms with van der Waals surface area (Å²) in [6.07, 6.45) is 1.73. The van der Waals surface area contributed by atoms with Crippen molar-refractivity contribution in [1.29, 1.82) is 0 Å². The zero-order valence-corrected chi connectivity index (χ0v) is 24.3. The van der Waals surface area contributed by atoms with Gasteiger partial charge in [0.1, 0.15) is 6.61 Å². The molecule has 4 aromatic carbocycles.